The average molecular weight is 522 g/mol. The first-order chi connectivity index (χ1) is 17.0. The van der Waals surface area contributed by atoms with Crippen LogP contribution in [-0.4, -0.2) is 19.5 Å². The van der Waals surface area contributed by atoms with Crippen LogP contribution in [0.1, 0.15) is 90.0 Å². The Bertz CT molecular complexity index is 1070. The van der Waals surface area contributed by atoms with Gasteiger partial charge in [0.2, 0.25) is 10.0 Å². The lowest BCUT2D eigenvalue weighted by Gasteiger charge is -2.25. The molecule has 200 valence electrons. The number of aliphatic carboxylic acids is 1. The monoisotopic (exact) mass is 521 g/mol. The smallest absolute Gasteiger partial charge is 0.303 e. The third-order valence-electron chi connectivity index (χ3n) is 6.32. The van der Waals surface area contributed by atoms with Crippen molar-refractivity contribution in [2.45, 2.75) is 95.8 Å². The van der Waals surface area contributed by atoms with E-state index in [-0.39, 0.29) is 22.5 Å². The second kappa shape index (κ2) is 14.3. The summed E-state index contributed by atoms with van der Waals surface area (Å²) in [5.74, 6) is -0.0341. The highest BCUT2D eigenvalue weighted by Gasteiger charge is 2.20. The quantitative estimate of drug-likeness (QED) is 0.214. The molecule has 0 spiro atoms. The highest BCUT2D eigenvalue weighted by Crippen LogP contribution is 2.32. The van der Waals surface area contributed by atoms with Crippen LogP contribution in [0.25, 0.3) is 0 Å². The zero-order chi connectivity index (χ0) is 26.6. The van der Waals surface area contributed by atoms with E-state index in [1.165, 1.54) is 56.0 Å². The van der Waals surface area contributed by atoms with Gasteiger partial charge in [0.1, 0.15) is 17.3 Å². The minimum absolute atomic E-state index is 0.00405. The van der Waals surface area contributed by atoms with Crippen molar-refractivity contribution in [2.75, 3.05) is 0 Å². The number of ether oxygens (including phenoxy) is 1. The van der Waals surface area contributed by atoms with Gasteiger partial charge in [-0.2, -0.15) is 0 Å². The van der Waals surface area contributed by atoms with Crippen LogP contribution in [0.5, 0.6) is 11.5 Å². The number of unbranched alkanes of at least 4 members (excludes halogenated alkanes) is 8. The first-order valence-electron chi connectivity index (χ1n) is 12.8. The second-order valence-electron chi connectivity index (χ2n) is 10.3. The lowest BCUT2D eigenvalue weighted by atomic mass is 9.81. The van der Waals surface area contributed by atoms with Crippen LogP contribution in [-0.2, 0) is 21.2 Å². The van der Waals surface area contributed by atoms with E-state index < -0.39 is 16.0 Å². The number of benzene rings is 2. The zero-order valence-corrected chi connectivity index (χ0v) is 22.3. The summed E-state index contributed by atoms with van der Waals surface area (Å²) < 4.78 is 43.1. The number of rotatable bonds is 17. The summed E-state index contributed by atoms with van der Waals surface area (Å²) in [6.07, 6.45) is 11.7. The summed E-state index contributed by atoms with van der Waals surface area (Å²) >= 11 is 0. The fourth-order valence-electron chi connectivity index (χ4n) is 4.30. The molecule has 0 atom stereocenters. The molecule has 0 aliphatic heterocycles. The molecule has 2 aromatic rings. The molecule has 0 bridgehead atoms. The molecule has 0 fully saturated rings. The molecule has 0 amide bonds. The van der Waals surface area contributed by atoms with Gasteiger partial charge in [0.25, 0.3) is 0 Å². The van der Waals surface area contributed by atoms with Gasteiger partial charge in [-0.15, -0.1) is 0 Å². The molecule has 0 saturated carbocycles. The minimum atomic E-state index is -3.77. The fourth-order valence-corrected chi connectivity index (χ4v) is 4.82. The minimum Gasteiger partial charge on any atom is -0.481 e. The number of carboxylic acid groups (broad SMARTS) is 1. The van der Waals surface area contributed by atoms with Crippen molar-refractivity contribution in [2.24, 2.45) is 10.6 Å². The molecule has 8 heteroatoms. The van der Waals surface area contributed by atoms with Crippen molar-refractivity contribution in [3.05, 3.63) is 53.8 Å². The molecule has 0 radical (unpaired) electrons. The summed E-state index contributed by atoms with van der Waals surface area (Å²) in [4.78, 5) is 10.5. The Morgan fingerprint density at radius 1 is 0.889 bits per heavy atom. The predicted molar refractivity (Wildman–Crippen MR) is 140 cm³/mol. The van der Waals surface area contributed by atoms with Gasteiger partial charge >= 0.3 is 5.97 Å². The topological polar surface area (TPSA) is 107 Å². The average Bonchev–Trinajstić information content (AvgIpc) is 2.79. The summed E-state index contributed by atoms with van der Waals surface area (Å²) in [5.41, 5.74) is 0.544. The molecule has 0 aliphatic rings. The van der Waals surface area contributed by atoms with Gasteiger partial charge < -0.3 is 9.84 Å². The molecule has 3 N–H and O–H groups in total. The molecule has 2 aromatic carbocycles. The number of carboxylic acids is 1. The van der Waals surface area contributed by atoms with E-state index in [2.05, 4.69) is 13.8 Å². The molecule has 2 rings (SSSR count). The molecule has 0 saturated heterocycles. The maximum absolute atomic E-state index is 14.5. The third kappa shape index (κ3) is 11.5. The molecule has 0 heterocycles. The summed E-state index contributed by atoms with van der Waals surface area (Å²) in [7, 11) is -3.77. The molecule has 6 nitrogen and oxygen atoms in total. The van der Waals surface area contributed by atoms with E-state index in [4.69, 9.17) is 15.0 Å². The highest BCUT2D eigenvalue weighted by atomic mass is 32.2. The lowest BCUT2D eigenvalue weighted by molar-refractivity contribution is -0.137. The number of nitrogens with two attached hydrogens (primary N) is 1. The van der Waals surface area contributed by atoms with Crippen LogP contribution in [0.2, 0.25) is 0 Å². The van der Waals surface area contributed by atoms with Crippen molar-refractivity contribution in [3.8, 4) is 11.5 Å². The summed E-state index contributed by atoms with van der Waals surface area (Å²) in [6, 6.07) is 10.5. The Labute approximate surface area is 215 Å². The Morgan fingerprint density at radius 2 is 1.42 bits per heavy atom. The standard InChI is InChI=1S/C28H40FNO5S/c1-28(2,19-11-9-7-5-3-4-6-8-10-12-27(31)32)21-22-20-24(15-18-26(22)29)35-23-13-16-25(17-14-23)36(30,33)34/h13-18,20H,3-12,19,21H2,1-2H3,(H,31,32)(H2,30,33,34). The first kappa shape index (κ1) is 29.8. The highest BCUT2D eigenvalue weighted by molar-refractivity contribution is 7.89. The van der Waals surface area contributed by atoms with Crippen LogP contribution >= 0.6 is 0 Å². The van der Waals surface area contributed by atoms with Crippen LogP contribution in [0, 0.1) is 11.2 Å². The number of primary sulfonamides is 1. The predicted octanol–water partition coefficient (Wildman–Crippen LogP) is 7.21. The van der Waals surface area contributed by atoms with Crippen molar-refractivity contribution >= 4 is 16.0 Å². The maximum atomic E-state index is 14.5. The van der Waals surface area contributed by atoms with Gasteiger partial charge in [0.05, 0.1) is 4.90 Å². The Morgan fingerprint density at radius 3 is 1.97 bits per heavy atom. The second-order valence-corrected chi connectivity index (χ2v) is 11.8. The Kier molecular flexibility index (Phi) is 11.9. The number of carbonyl (C=O) groups is 1. The largest absolute Gasteiger partial charge is 0.481 e. The van der Waals surface area contributed by atoms with Crippen LogP contribution in [0.15, 0.2) is 47.4 Å². The van der Waals surface area contributed by atoms with E-state index in [1.54, 1.807) is 12.1 Å². The molecule has 0 aromatic heterocycles. The normalized spacial score (nSPS) is 12.0. The fraction of sp³-hybridized carbons (Fsp3) is 0.536. The lowest BCUT2D eigenvalue weighted by Crippen LogP contribution is -2.16. The number of sulfonamides is 1. The van der Waals surface area contributed by atoms with Gasteiger partial charge in [0.15, 0.2) is 0 Å². The zero-order valence-electron chi connectivity index (χ0n) is 21.5. The molecular weight excluding hydrogens is 481 g/mol. The van der Waals surface area contributed by atoms with Crippen molar-refractivity contribution in [1.29, 1.82) is 0 Å². The SMILES string of the molecule is CC(C)(CCCCCCCCCCCC(=O)O)Cc1cc(Oc2ccc(S(N)(=O)=O)cc2)ccc1F. The summed E-state index contributed by atoms with van der Waals surface area (Å²) in [5, 5.41) is 13.8. The molecular formula is C28H40FNO5S. The van der Waals surface area contributed by atoms with Crippen molar-refractivity contribution in [3.63, 3.8) is 0 Å². The Hall–Kier alpha value is -2.45. The van der Waals surface area contributed by atoms with Crippen LogP contribution in [0.4, 0.5) is 4.39 Å². The van der Waals surface area contributed by atoms with Gasteiger partial charge in [-0.1, -0.05) is 65.2 Å². The van der Waals surface area contributed by atoms with Gasteiger partial charge in [-0.05, 0) is 72.7 Å². The van der Waals surface area contributed by atoms with Crippen LogP contribution < -0.4 is 9.88 Å². The molecule has 36 heavy (non-hydrogen) atoms. The first-order valence-corrected chi connectivity index (χ1v) is 14.3. The maximum Gasteiger partial charge on any atom is 0.303 e. The van der Waals surface area contributed by atoms with E-state index in [9.17, 15) is 17.6 Å². The van der Waals surface area contributed by atoms with Crippen molar-refractivity contribution in [1.82, 2.24) is 0 Å². The van der Waals surface area contributed by atoms with Crippen molar-refractivity contribution < 1.29 is 27.4 Å². The summed E-state index contributed by atoms with van der Waals surface area (Å²) in [6.45, 7) is 4.31. The van der Waals surface area contributed by atoms with Gasteiger partial charge in [0, 0.05) is 6.42 Å². The third-order valence-corrected chi connectivity index (χ3v) is 7.25. The van der Waals surface area contributed by atoms with E-state index >= 15 is 0 Å². The van der Waals surface area contributed by atoms with E-state index in [1.807, 2.05) is 0 Å². The Balaban J connectivity index is 1.74. The van der Waals surface area contributed by atoms with E-state index in [0.717, 1.165) is 38.5 Å². The molecule has 0 aliphatic carbocycles. The number of hydrogen-bond donors (Lipinski definition) is 2. The van der Waals surface area contributed by atoms with Gasteiger partial charge in [-0.25, -0.2) is 17.9 Å². The number of halogens is 1. The number of hydrogen-bond acceptors (Lipinski definition) is 4. The molecule has 0 unspecified atom stereocenters. The van der Waals surface area contributed by atoms with E-state index in [0.29, 0.717) is 23.5 Å². The van der Waals surface area contributed by atoms with Crippen LogP contribution in [0.3, 0.4) is 0 Å². The van der Waals surface area contributed by atoms with Gasteiger partial charge in [-0.3, -0.25) is 4.79 Å².